The molecule has 0 spiro atoms. The smallest absolute Gasteiger partial charge is 0.258 e. The molecule has 8 heteroatoms. The molecule has 1 aliphatic rings. The molecule has 1 aliphatic heterocycles. The van der Waals surface area contributed by atoms with E-state index in [2.05, 4.69) is 0 Å². The van der Waals surface area contributed by atoms with Gasteiger partial charge in [0.2, 0.25) is 10.0 Å². The van der Waals surface area contributed by atoms with Crippen LogP contribution in [-0.4, -0.2) is 44.2 Å². The summed E-state index contributed by atoms with van der Waals surface area (Å²) >= 11 is 5.99. The molecule has 0 bridgehead atoms. The van der Waals surface area contributed by atoms with Crippen LogP contribution in [0.4, 0.5) is 4.39 Å². The van der Waals surface area contributed by atoms with Crippen LogP contribution in [0.15, 0.2) is 41.3 Å². The lowest BCUT2D eigenvalue weighted by molar-refractivity contribution is 0.0730. The Morgan fingerprint density at radius 3 is 2.58 bits per heavy atom. The second-order valence-electron chi connectivity index (χ2n) is 6.29. The molecular formula is C18H18ClFN2O3S. The van der Waals surface area contributed by atoms with Crippen molar-refractivity contribution in [2.75, 3.05) is 20.6 Å². The molecule has 138 valence electrons. The number of amides is 1. The molecule has 2 aromatic rings. The highest BCUT2D eigenvalue weighted by atomic mass is 35.5. The Morgan fingerprint density at radius 2 is 1.92 bits per heavy atom. The van der Waals surface area contributed by atoms with Crippen LogP contribution in [0.25, 0.3) is 0 Å². The van der Waals surface area contributed by atoms with Crippen molar-refractivity contribution in [3.05, 3.63) is 63.9 Å². The zero-order chi connectivity index (χ0) is 19.1. The Bertz CT molecular complexity index is 956. The quantitative estimate of drug-likeness (QED) is 0.801. The molecule has 1 amide bonds. The van der Waals surface area contributed by atoms with Gasteiger partial charge in [0, 0.05) is 27.2 Å². The summed E-state index contributed by atoms with van der Waals surface area (Å²) < 4.78 is 39.8. The number of benzene rings is 2. The molecule has 0 N–H and O–H groups in total. The summed E-state index contributed by atoms with van der Waals surface area (Å²) in [4.78, 5) is 14.4. The van der Waals surface area contributed by atoms with Crippen molar-refractivity contribution in [2.45, 2.75) is 17.9 Å². The number of sulfonamides is 1. The summed E-state index contributed by atoms with van der Waals surface area (Å²) in [5.41, 5.74) is 1.56. The zero-order valence-corrected chi connectivity index (χ0v) is 15.9. The van der Waals surface area contributed by atoms with Gasteiger partial charge in [-0.15, -0.1) is 0 Å². The monoisotopic (exact) mass is 396 g/mol. The van der Waals surface area contributed by atoms with Crippen LogP contribution < -0.4 is 0 Å². The first-order chi connectivity index (χ1) is 12.2. The Hall–Kier alpha value is -1.96. The third kappa shape index (κ3) is 3.34. The molecule has 3 rings (SSSR count). The van der Waals surface area contributed by atoms with Gasteiger partial charge in [-0.1, -0.05) is 23.7 Å². The van der Waals surface area contributed by atoms with Crippen molar-refractivity contribution in [1.82, 2.24) is 9.21 Å². The van der Waals surface area contributed by atoms with E-state index in [0.29, 0.717) is 13.0 Å². The van der Waals surface area contributed by atoms with Crippen molar-refractivity contribution in [1.29, 1.82) is 0 Å². The maximum atomic E-state index is 14.0. The Balaban J connectivity index is 1.93. The fraction of sp³-hybridized carbons (Fsp3) is 0.278. The van der Waals surface area contributed by atoms with Crippen molar-refractivity contribution in [2.24, 2.45) is 0 Å². The van der Waals surface area contributed by atoms with E-state index in [4.69, 9.17) is 11.6 Å². The van der Waals surface area contributed by atoms with E-state index in [1.54, 1.807) is 18.2 Å². The lowest BCUT2D eigenvalue weighted by Gasteiger charge is -2.29. The molecular weight excluding hydrogens is 379 g/mol. The first kappa shape index (κ1) is 18.8. The van der Waals surface area contributed by atoms with Crippen LogP contribution in [0.3, 0.4) is 0 Å². The van der Waals surface area contributed by atoms with Crippen molar-refractivity contribution < 1.29 is 17.6 Å². The number of carbonyl (C=O) groups excluding carboxylic acids is 1. The van der Waals surface area contributed by atoms with Gasteiger partial charge in [-0.3, -0.25) is 4.79 Å². The summed E-state index contributed by atoms with van der Waals surface area (Å²) in [7, 11) is -0.639. The van der Waals surface area contributed by atoms with Gasteiger partial charge in [0.05, 0.1) is 15.5 Å². The lowest BCUT2D eigenvalue weighted by Crippen LogP contribution is -2.36. The number of nitrogens with zero attached hydrogens (tertiary/aromatic N) is 2. The van der Waals surface area contributed by atoms with E-state index in [-0.39, 0.29) is 22.0 Å². The first-order valence-corrected chi connectivity index (χ1v) is 9.81. The minimum Gasteiger partial charge on any atom is -0.334 e. The van der Waals surface area contributed by atoms with E-state index >= 15 is 0 Å². The van der Waals surface area contributed by atoms with E-state index in [1.807, 2.05) is 0 Å². The van der Waals surface area contributed by atoms with Crippen LogP contribution in [0.2, 0.25) is 5.02 Å². The molecule has 26 heavy (non-hydrogen) atoms. The van der Waals surface area contributed by atoms with Crippen LogP contribution in [0.1, 0.15) is 21.5 Å². The molecule has 0 aliphatic carbocycles. The van der Waals surface area contributed by atoms with Crippen LogP contribution in [0, 0.1) is 5.82 Å². The van der Waals surface area contributed by atoms with Crippen LogP contribution >= 0.6 is 11.6 Å². The van der Waals surface area contributed by atoms with Gasteiger partial charge < -0.3 is 4.90 Å². The average molecular weight is 397 g/mol. The maximum Gasteiger partial charge on any atom is 0.258 e. The van der Waals surface area contributed by atoms with E-state index in [0.717, 1.165) is 15.4 Å². The third-order valence-corrected chi connectivity index (χ3v) is 6.56. The van der Waals surface area contributed by atoms with Gasteiger partial charge in [-0.2, -0.15) is 0 Å². The number of carbonyl (C=O) groups is 1. The second kappa shape index (κ2) is 6.98. The third-order valence-electron chi connectivity index (χ3n) is 4.43. The number of rotatable bonds is 3. The Labute approximate surface area is 157 Å². The van der Waals surface area contributed by atoms with E-state index < -0.39 is 21.7 Å². The van der Waals surface area contributed by atoms with Crippen molar-refractivity contribution in [3.63, 3.8) is 0 Å². The average Bonchev–Trinajstić information content (AvgIpc) is 2.60. The van der Waals surface area contributed by atoms with Crippen LogP contribution in [0.5, 0.6) is 0 Å². The summed E-state index contributed by atoms with van der Waals surface area (Å²) in [6.07, 6.45) is 0.565. The van der Waals surface area contributed by atoms with Crippen molar-refractivity contribution >= 4 is 27.5 Å². The normalized spacial score (nSPS) is 14.4. The fourth-order valence-electron chi connectivity index (χ4n) is 2.94. The lowest BCUT2D eigenvalue weighted by atomic mass is 9.99. The molecule has 1 heterocycles. The Morgan fingerprint density at radius 1 is 1.19 bits per heavy atom. The molecule has 2 aromatic carbocycles. The molecule has 0 atom stereocenters. The van der Waals surface area contributed by atoms with E-state index in [1.165, 1.54) is 37.2 Å². The van der Waals surface area contributed by atoms with Crippen LogP contribution in [-0.2, 0) is 23.0 Å². The molecule has 0 unspecified atom stereocenters. The number of hydrogen-bond donors (Lipinski definition) is 0. The standard InChI is InChI=1S/C18H18ClFN2O3S/c1-21(2)26(24,25)14-7-6-12-8-9-22(11-13(12)10-14)18(23)17-15(19)4-3-5-16(17)20/h3-7,10H,8-9,11H2,1-2H3. The number of halogens is 2. The largest absolute Gasteiger partial charge is 0.334 e. The highest BCUT2D eigenvalue weighted by Gasteiger charge is 2.27. The van der Waals surface area contributed by atoms with Gasteiger partial charge >= 0.3 is 0 Å². The first-order valence-electron chi connectivity index (χ1n) is 7.99. The molecule has 5 nitrogen and oxygen atoms in total. The predicted molar refractivity (Wildman–Crippen MR) is 97.2 cm³/mol. The van der Waals surface area contributed by atoms with Gasteiger partial charge in [0.1, 0.15) is 5.82 Å². The summed E-state index contributed by atoms with van der Waals surface area (Å²) in [6.45, 7) is 0.617. The fourth-order valence-corrected chi connectivity index (χ4v) is 4.14. The topological polar surface area (TPSA) is 57.7 Å². The maximum absolute atomic E-state index is 14.0. The highest BCUT2D eigenvalue weighted by Crippen LogP contribution is 2.27. The van der Waals surface area contributed by atoms with Gasteiger partial charge in [0.15, 0.2) is 0 Å². The zero-order valence-electron chi connectivity index (χ0n) is 14.4. The van der Waals surface area contributed by atoms with E-state index in [9.17, 15) is 17.6 Å². The summed E-state index contributed by atoms with van der Waals surface area (Å²) in [6, 6.07) is 9.02. The Kier molecular flexibility index (Phi) is 5.05. The molecule has 0 saturated heterocycles. The second-order valence-corrected chi connectivity index (χ2v) is 8.85. The van der Waals surface area contributed by atoms with Gasteiger partial charge in [-0.25, -0.2) is 17.1 Å². The van der Waals surface area contributed by atoms with Gasteiger partial charge in [-0.05, 0) is 41.8 Å². The summed E-state index contributed by atoms with van der Waals surface area (Å²) in [5, 5.41) is 0.0599. The van der Waals surface area contributed by atoms with Crippen molar-refractivity contribution in [3.8, 4) is 0 Å². The molecule has 0 radical (unpaired) electrons. The molecule has 0 fully saturated rings. The minimum absolute atomic E-state index is 0.0599. The highest BCUT2D eigenvalue weighted by molar-refractivity contribution is 7.89. The number of hydrogen-bond acceptors (Lipinski definition) is 3. The van der Waals surface area contributed by atoms with Gasteiger partial charge in [0.25, 0.3) is 5.91 Å². The molecule has 0 saturated carbocycles. The predicted octanol–water partition coefficient (Wildman–Crippen LogP) is 2.93. The molecule has 0 aromatic heterocycles. The SMILES string of the molecule is CN(C)S(=O)(=O)c1ccc2c(c1)CN(C(=O)c1c(F)cccc1Cl)CC2. The summed E-state index contributed by atoms with van der Waals surface area (Å²) in [5.74, 6) is -1.17. The number of fused-ring (bicyclic) bond motifs is 1. The minimum atomic E-state index is -3.56.